The largest absolute Gasteiger partial charge is 0.368 e. The SMILES string of the molecule is Cc1ccsc1CNc1nc(N)nc(N(C)C)n1. The van der Waals surface area contributed by atoms with Gasteiger partial charge in [0.05, 0.1) is 6.54 Å². The van der Waals surface area contributed by atoms with Gasteiger partial charge in [0.15, 0.2) is 0 Å². The van der Waals surface area contributed by atoms with Crippen LogP contribution in [-0.4, -0.2) is 29.0 Å². The van der Waals surface area contributed by atoms with Crippen LogP contribution in [0.1, 0.15) is 10.4 Å². The minimum Gasteiger partial charge on any atom is -0.368 e. The molecular weight excluding hydrogens is 248 g/mol. The predicted octanol–water partition coefficient (Wildman–Crippen LogP) is 1.50. The second kappa shape index (κ2) is 5.18. The average molecular weight is 264 g/mol. The Kier molecular flexibility index (Phi) is 3.61. The third-order valence-electron chi connectivity index (χ3n) is 2.42. The summed E-state index contributed by atoms with van der Waals surface area (Å²) in [4.78, 5) is 15.4. The number of hydrogen-bond acceptors (Lipinski definition) is 7. The fourth-order valence-corrected chi connectivity index (χ4v) is 2.25. The number of rotatable bonds is 4. The Labute approximate surface area is 110 Å². The summed E-state index contributed by atoms with van der Waals surface area (Å²) in [5.41, 5.74) is 6.92. The zero-order valence-electron chi connectivity index (χ0n) is 10.6. The van der Waals surface area contributed by atoms with Crippen molar-refractivity contribution < 1.29 is 0 Å². The topological polar surface area (TPSA) is 80.0 Å². The molecule has 0 radical (unpaired) electrons. The van der Waals surface area contributed by atoms with Crippen molar-refractivity contribution in [3.63, 3.8) is 0 Å². The van der Waals surface area contributed by atoms with E-state index in [2.05, 4.69) is 38.6 Å². The van der Waals surface area contributed by atoms with Crippen LogP contribution in [0.15, 0.2) is 11.4 Å². The van der Waals surface area contributed by atoms with Gasteiger partial charge in [-0.15, -0.1) is 11.3 Å². The number of nitrogen functional groups attached to an aromatic ring is 1. The quantitative estimate of drug-likeness (QED) is 0.871. The Bertz CT molecular complexity index is 536. The Morgan fingerprint density at radius 3 is 2.72 bits per heavy atom. The molecule has 0 fully saturated rings. The molecule has 0 spiro atoms. The van der Waals surface area contributed by atoms with Gasteiger partial charge in [-0.25, -0.2) is 0 Å². The molecule has 7 heteroatoms. The van der Waals surface area contributed by atoms with Gasteiger partial charge in [0, 0.05) is 19.0 Å². The van der Waals surface area contributed by atoms with Crippen LogP contribution in [-0.2, 0) is 6.54 Å². The van der Waals surface area contributed by atoms with Crippen molar-refractivity contribution in [3.8, 4) is 0 Å². The van der Waals surface area contributed by atoms with Crippen LogP contribution >= 0.6 is 11.3 Å². The highest BCUT2D eigenvalue weighted by molar-refractivity contribution is 7.10. The first kappa shape index (κ1) is 12.6. The van der Waals surface area contributed by atoms with Crippen LogP contribution in [0.25, 0.3) is 0 Å². The zero-order valence-corrected chi connectivity index (χ0v) is 11.5. The molecule has 0 aromatic carbocycles. The summed E-state index contributed by atoms with van der Waals surface area (Å²) < 4.78 is 0. The van der Waals surface area contributed by atoms with Crippen LogP contribution in [0.5, 0.6) is 0 Å². The lowest BCUT2D eigenvalue weighted by Crippen LogP contribution is -2.16. The summed E-state index contributed by atoms with van der Waals surface area (Å²) in [5.74, 6) is 1.27. The van der Waals surface area contributed by atoms with Crippen LogP contribution in [0.3, 0.4) is 0 Å². The lowest BCUT2D eigenvalue weighted by molar-refractivity contribution is 0.952. The van der Waals surface area contributed by atoms with Gasteiger partial charge in [0.25, 0.3) is 0 Å². The van der Waals surface area contributed by atoms with Gasteiger partial charge in [0.1, 0.15) is 0 Å². The number of nitrogens with one attached hydrogen (secondary N) is 1. The van der Waals surface area contributed by atoms with Crippen molar-refractivity contribution in [1.29, 1.82) is 0 Å². The first-order valence-corrected chi connectivity index (χ1v) is 6.40. The number of aryl methyl sites for hydroxylation is 1. The molecule has 0 amide bonds. The van der Waals surface area contributed by atoms with E-state index in [9.17, 15) is 0 Å². The minimum atomic E-state index is 0.221. The molecule has 0 aliphatic carbocycles. The fraction of sp³-hybridized carbons (Fsp3) is 0.364. The maximum absolute atomic E-state index is 5.65. The Morgan fingerprint density at radius 1 is 1.33 bits per heavy atom. The van der Waals surface area contributed by atoms with E-state index in [1.165, 1.54) is 10.4 Å². The van der Waals surface area contributed by atoms with Gasteiger partial charge in [-0.3, -0.25) is 0 Å². The summed E-state index contributed by atoms with van der Waals surface area (Å²) in [7, 11) is 3.73. The molecule has 0 bridgehead atoms. The normalized spacial score (nSPS) is 10.4. The van der Waals surface area contributed by atoms with Crippen molar-refractivity contribution in [3.05, 3.63) is 21.9 Å². The van der Waals surface area contributed by atoms with E-state index in [1.54, 1.807) is 16.2 Å². The number of aromatic nitrogens is 3. The second-order valence-electron chi connectivity index (χ2n) is 4.09. The third kappa shape index (κ3) is 2.86. The zero-order chi connectivity index (χ0) is 13.1. The monoisotopic (exact) mass is 264 g/mol. The third-order valence-corrected chi connectivity index (χ3v) is 3.44. The molecule has 0 aliphatic heterocycles. The maximum Gasteiger partial charge on any atom is 0.231 e. The smallest absolute Gasteiger partial charge is 0.231 e. The van der Waals surface area contributed by atoms with E-state index >= 15 is 0 Å². The van der Waals surface area contributed by atoms with Crippen LogP contribution in [0.4, 0.5) is 17.8 Å². The lowest BCUT2D eigenvalue weighted by Gasteiger charge is -2.12. The molecule has 0 saturated heterocycles. The van der Waals surface area contributed by atoms with Crippen molar-refractivity contribution in [2.75, 3.05) is 30.0 Å². The number of thiophene rings is 1. The summed E-state index contributed by atoms with van der Waals surface area (Å²) in [6.07, 6.45) is 0. The standard InChI is InChI=1S/C11H16N6S/c1-7-4-5-18-8(7)6-13-10-14-9(12)15-11(16-10)17(2)3/h4-5H,6H2,1-3H3,(H3,12,13,14,15,16). The fourth-order valence-electron chi connectivity index (χ4n) is 1.40. The Hall–Kier alpha value is -1.89. The molecule has 0 aliphatic rings. The maximum atomic E-state index is 5.65. The molecular formula is C11H16N6S. The summed E-state index contributed by atoms with van der Waals surface area (Å²) >= 11 is 1.71. The van der Waals surface area contributed by atoms with Crippen molar-refractivity contribution in [2.45, 2.75) is 13.5 Å². The molecule has 2 heterocycles. The minimum absolute atomic E-state index is 0.221. The molecule has 6 nitrogen and oxygen atoms in total. The van der Waals surface area contributed by atoms with Gasteiger partial charge < -0.3 is 16.0 Å². The van der Waals surface area contributed by atoms with Crippen molar-refractivity contribution >= 4 is 29.2 Å². The number of hydrogen-bond donors (Lipinski definition) is 2. The molecule has 96 valence electrons. The highest BCUT2D eigenvalue weighted by Crippen LogP contribution is 2.17. The Balaban J connectivity index is 2.12. The second-order valence-corrected chi connectivity index (χ2v) is 5.09. The highest BCUT2D eigenvalue weighted by Gasteiger charge is 2.06. The summed E-state index contributed by atoms with van der Waals surface area (Å²) in [6.45, 7) is 2.78. The first-order chi connectivity index (χ1) is 8.56. The van der Waals surface area contributed by atoms with Gasteiger partial charge in [-0.1, -0.05) is 0 Å². The van der Waals surface area contributed by atoms with Crippen LogP contribution in [0, 0.1) is 6.92 Å². The van der Waals surface area contributed by atoms with E-state index < -0.39 is 0 Å². The molecule has 2 aromatic heterocycles. The van der Waals surface area contributed by atoms with E-state index in [0.29, 0.717) is 18.4 Å². The van der Waals surface area contributed by atoms with Crippen molar-refractivity contribution in [1.82, 2.24) is 15.0 Å². The summed E-state index contributed by atoms with van der Waals surface area (Å²) in [5, 5.41) is 5.23. The molecule has 18 heavy (non-hydrogen) atoms. The molecule has 2 aromatic rings. The first-order valence-electron chi connectivity index (χ1n) is 5.52. The van der Waals surface area contributed by atoms with Crippen LogP contribution in [0.2, 0.25) is 0 Å². The molecule has 2 rings (SSSR count). The van der Waals surface area contributed by atoms with Gasteiger partial charge >= 0.3 is 0 Å². The predicted molar refractivity (Wildman–Crippen MR) is 74.9 cm³/mol. The van der Waals surface area contributed by atoms with Crippen molar-refractivity contribution in [2.24, 2.45) is 0 Å². The molecule has 0 saturated carbocycles. The van der Waals surface area contributed by atoms with Gasteiger partial charge in [0.2, 0.25) is 17.8 Å². The van der Waals surface area contributed by atoms with E-state index in [4.69, 9.17) is 5.73 Å². The Morgan fingerprint density at radius 2 is 2.11 bits per heavy atom. The number of nitrogens with zero attached hydrogens (tertiary/aromatic N) is 4. The summed E-state index contributed by atoms with van der Waals surface area (Å²) in [6, 6.07) is 2.09. The molecule has 0 atom stereocenters. The van der Waals surface area contributed by atoms with E-state index in [0.717, 1.165) is 0 Å². The van der Waals surface area contributed by atoms with Crippen LogP contribution < -0.4 is 16.0 Å². The highest BCUT2D eigenvalue weighted by atomic mass is 32.1. The van der Waals surface area contributed by atoms with Gasteiger partial charge in [-0.2, -0.15) is 15.0 Å². The van der Waals surface area contributed by atoms with E-state index in [1.807, 2.05) is 14.1 Å². The van der Waals surface area contributed by atoms with Gasteiger partial charge in [-0.05, 0) is 23.9 Å². The lowest BCUT2D eigenvalue weighted by atomic mass is 10.3. The van der Waals surface area contributed by atoms with E-state index in [-0.39, 0.29) is 5.95 Å². The number of nitrogens with two attached hydrogens (primary N) is 1. The number of anilines is 3. The average Bonchev–Trinajstić information content (AvgIpc) is 2.71. The molecule has 0 unspecified atom stereocenters. The molecule has 3 N–H and O–H groups in total.